The van der Waals surface area contributed by atoms with E-state index in [1.165, 1.54) is 48.4 Å². The number of ether oxygens (including phenoxy) is 1. The van der Waals surface area contributed by atoms with Crippen LogP contribution in [-0.2, 0) is 35.3 Å². The average molecular weight is 813 g/mol. The molecule has 2 fully saturated rings. The van der Waals surface area contributed by atoms with Gasteiger partial charge in [-0.3, -0.25) is 9.59 Å². The standard InChI is InChI=1S/C51H64N4O5/c52-50-30-39(19-18-37-12-7-11-36(25-37)17-16-35-9-3-1-4-10-35)42(33-55-50)27-41-28-48(59)49(60-34-56)29-38(41)20-21-45(58)31-44(57)14-5-2-6-15-47-46-22-24-53-32-43(46)26-40-13-8-23-54-51(40)47/h1,3-4,7,9-12,20-21,25-26,28-30,33,43,46-47,50-51,53-56,59H,2,5-6,8,13-19,22-24,27,31-32,34,52H2/b21-20+/t43-,46-,47-,50?,51+/m0/s1. The molecule has 9 nitrogen and oxygen atoms in total. The van der Waals surface area contributed by atoms with Crippen molar-refractivity contribution < 1.29 is 24.5 Å². The zero-order valence-electron chi connectivity index (χ0n) is 35.0. The van der Waals surface area contributed by atoms with E-state index in [1.54, 1.807) is 23.8 Å². The van der Waals surface area contributed by atoms with E-state index in [0.717, 1.165) is 87.2 Å². The van der Waals surface area contributed by atoms with Gasteiger partial charge in [0.25, 0.3) is 0 Å². The number of allylic oxidation sites excluding steroid dienone is 3. The maximum atomic E-state index is 13.1. The Balaban J connectivity index is 0.922. The summed E-state index contributed by atoms with van der Waals surface area (Å²) in [6.07, 6.45) is 21.4. The van der Waals surface area contributed by atoms with E-state index in [1.807, 2.05) is 18.3 Å². The van der Waals surface area contributed by atoms with Crippen LogP contribution in [0.5, 0.6) is 11.5 Å². The molecule has 60 heavy (non-hydrogen) atoms. The maximum absolute atomic E-state index is 13.1. The van der Waals surface area contributed by atoms with Gasteiger partial charge in [-0.2, -0.15) is 0 Å². The number of carbonyl (C=O) groups excluding carboxylic acids is 2. The predicted molar refractivity (Wildman–Crippen MR) is 239 cm³/mol. The topological polar surface area (TPSA) is 146 Å². The van der Waals surface area contributed by atoms with E-state index in [2.05, 4.69) is 70.6 Å². The third kappa shape index (κ3) is 11.9. The predicted octanol–water partition coefficient (Wildman–Crippen LogP) is 7.41. The van der Waals surface area contributed by atoms with E-state index in [9.17, 15) is 19.8 Å². The number of nitrogens with two attached hydrogens (primary N) is 1. The lowest BCUT2D eigenvalue weighted by atomic mass is 9.64. The molecule has 0 aromatic heterocycles. The van der Waals surface area contributed by atoms with Crippen LogP contribution in [0.1, 0.15) is 92.0 Å². The Morgan fingerprint density at radius 1 is 0.883 bits per heavy atom. The molecule has 7 rings (SSSR count). The van der Waals surface area contributed by atoms with Crippen LogP contribution in [0.2, 0.25) is 0 Å². The number of aliphatic hydroxyl groups excluding tert-OH is 1. The third-order valence-corrected chi connectivity index (χ3v) is 13.0. The van der Waals surface area contributed by atoms with Gasteiger partial charge in [0.1, 0.15) is 5.78 Å². The van der Waals surface area contributed by atoms with Crippen molar-refractivity contribution in [3.63, 3.8) is 0 Å². The summed E-state index contributed by atoms with van der Waals surface area (Å²) in [5.41, 5.74) is 15.4. The van der Waals surface area contributed by atoms with Crippen LogP contribution >= 0.6 is 0 Å². The normalized spacial score (nSPS) is 22.5. The maximum Gasteiger partial charge on any atom is 0.186 e. The highest BCUT2D eigenvalue weighted by Crippen LogP contribution is 2.42. The van der Waals surface area contributed by atoms with Gasteiger partial charge in [0.05, 0.1) is 12.6 Å². The fraction of sp³-hybridized carbons (Fsp3) is 0.451. The molecule has 0 spiro atoms. The first kappa shape index (κ1) is 43.3. The molecule has 3 aromatic carbocycles. The second kappa shape index (κ2) is 21.6. The van der Waals surface area contributed by atoms with E-state index in [0.29, 0.717) is 36.3 Å². The molecule has 0 radical (unpaired) electrons. The van der Waals surface area contributed by atoms with Crippen molar-refractivity contribution in [1.29, 1.82) is 0 Å². The quantitative estimate of drug-likeness (QED) is 0.0226. The van der Waals surface area contributed by atoms with Gasteiger partial charge in [-0.25, -0.2) is 0 Å². The number of dihydropyridines is 1. The Morgan fingerprint density at radius 3 is 2.52 bits per heavy atom. The Labute approximate surface area is 356 Å². The Morgan fingerprint density at radius 2 is 1.68 bits per heavy atom. The third-order valence-electron chi connectivity index (χ3n) is 13.0. The molecule has 0 amide bonds. The van der Waals surface area contributed by atoms with Crippen molar-refractivity contribution in [1.82, 2.24) is 16.0 Å². The second-order valence-electron chi connectivity index (χ2n) is 17.2. The Kier molecular flexibility index (Phi) is 15.6. The largest absolute Gasteiger partial charge is 0.504 e. The van der Waals surface area contributed by atoms with Crippen LogP contribution in [-0.4, -0.2) is 60.4 Å². The molecule has 1 unspecified atom stereocenters. The highest BCUT2D eigenvalue weighted by Gasteiger charge is 2.41. The Bertz CT molecular complexity index is 2050. The van der Waals surface area contributed by atoms with Crippen LogP contribution in [0.3, 0.4) is 0 Å². The SMILES string of the molecule is NC1C=C(CCc2cccc(CCc3ccccc3)c2)C(Cc2cc(O)c(OCO)cc2/C=C/C(=O)CC(=O)CCCCC[C@H]2[C@H]3CCNC[C@@H]3C=C3CCCN[C@H]32)=CN1. The van der Waals surface area contributed by atoms with E-state index >= 15 is 0 Å². The summed E-state index contributed by atoms with van der Waals surface area (Å²) in [6.45, 7) is 2.69. The molecule has 3 aromatic rings. The van der Waals surface area contributed by atoms with E-state index < -0.39 is 6.79 Å². The minimum Gasteiger partial charge on any atom is -0.504 e. The first-order chi connectivity index (χ1) is 29.3. The monoisotopic (exact) mass is 812 g/mol. The van der Waals surface area contributed by atoms with Crippen molar-refractivity contribution in [2.24, 2.45) is 23.5 Å². The van der Waals surface area contributed by atoms with Gasteiger partial charge in [-0.15, -0.1) is 0 Å². The second-order valence-corrected chi connectivity index (χ2v) is 17.2. The number of fused-ring (bicyclic) bond motifs is 2. The number of hydrogen-bond donors (Lipinski definition) is 6. The number of piperidine rings is 2. The summed E-state index contributed by atoms with van der Waals surface area (Å²) in [7, 11) is 0. The molecule has 3 aliphatic heterocycles. The van der Waals surface area contributed by atoms with Crippen LogP contribution in [0, 0.1) is 17.8 Å². The molecule has 1 aliphatic carbocycles. The van der Waals surface area contributed by atoms with E-state index in [4.69, 9.17) is 10.5 Å². The van der Waals surface area contributed by atoms with Gasteiger partial charge in [0.2, 0.25) is 0 Å². The summed E-state index contributed by atoms with van der Waals surface area (Å²) < 4.78 is 5.29. The molecule has 9 heteroatoms. The van der Waals surface area contributed by atoms with Crippen LogP contribution in [0.15, 0.2) is 108 Å². The van der Waals surface area contributed by atoms with Gasteiger partial charge in [-0.05, 0) is 158 Å². The van der Waals surface area contributed by atoms with Gasteiger partial charge >= 0.3 is 0 Å². The Hall–Kier alpha value is -4.80. The van der Waals surface area contributed by atoms with Gasteiger partial charge in [0.15, 0.2) is 24.1 Å². The number of phenolic OH excluding ortho intramolecular Hbond substituents is 1. The summed E-state index contributed by atoms with van der Waals surface area (Å²) >= 11 is 0. The minimum atomic E-state index is -0.606. The smallest absolute Gasteiger partial charge is 0.186 e. The fourth-order valence-electron chi connectivity index (χ4n) is 9.92. The zero-order chi connectivity index (χ0) is 41.7. The highest BCUT2D eigenvalue weighted by atomic mass is 16.6. The molecular weight excluding hydrogens is 749 g/mol. The van der Waals surface area contributed by atoms with Gasteiger partial charge in [-0.1, -0.05) is 85.2 Å². The number of benzene rings is 3. The summed E-state index contributed by atoms with van der Waals surface area (Å²) in [6, 6.07) is 23.1. The number of phenols is 1. The number of aliphatic hydroxyl groups is 1. The number of aryl methyl sites for hydroxylation is 3. The van der Waals surface area contributed by atoms with Crippen LogP contribution in [0.25, 0.3) is 6.08 Å². The van der Waals surface area contributed by atoms with Crippen molar-refractivity contribution in [3.8, 4) is 11.5 Å². The first-order valence-electron chi connectivity index (χ1n) is 22.3. The highest BCUT2D eigenvalue weighted by molar-refractivity contribution is 6.06. The molecule has 2 saturated heterocycles. The summed E-state index contributed by atoms with van der Waals surface area (Å²) in [5, 5.41) is 31.0. The lowest BCUT2D eigenvalue weighted by molar-refractivity contribution is -0.124. The van der Waals surface area contributed by atoms with Crippen molar-refractivity contribution in [3.05, 3.63) is 136 Å². The molecule has 318 valence electrons. The van der Waals surface area contributed by atoms with E-state index in [-0.39, 0.29) is 35.7 Å². The number of unbranched alkanes of at least 4 members (excludes halogenated alkanes) is 2. The fourth-order valence-corrected chi connectivity index (χ4v) is 9.92. The summed E-state index contributed by atoms with van der Waals surface area (Å²) in [4.78, 5) is 26.1. The molecule has 0 bridgehead atoms. The number of ketones is 2. The van der Waals surface area contributed by atoms with Crippen LogP contribution < -0.4 is 26.4 Å². The number of carbonyl (C=O) groups is 2. The lowest BCUT2D eigenvalue weighted by Gasteiger charge is -2.47. The minimum absolute atomic E-state index is 0.0404. The average Bonchev–Trinajstić information content (AvgIpc) is 3.26. The number of Topliss-reactive ketones (excluding diaryl/α,β-unsaturated/α-hetero) is 1. The van der Waals surface area contributed by atoms with Gasteiger partial charge < -0.3 is 36.6 Å². The van der Waals surface area contributed by atoms with Crippen LogP contribution in [0.4, 0.5) is 0 Å². The zero-order valence-corrected chi connectivity index (χ0v) is 35.0. The number of rotatable bonds is 20. The molecule has 4 aliphatic rings. The lowest BCUT2D eigenvalue weighted by Crippen LogP contribution is -2.52. The molecule has 5 atom stereocenters. The van der Waals surface area contributed by atoms with Crippen molar-refractivity contribution in [2.75, 3.05) is 26.4 Å². The number of aromatic hydroxyl groups is 1. The number of nitrogens with one attached hydrogen (secondary N) is 3. The summed E-state index contributed by atoms with van der Waals surface area (Å²) in [5.74, 6) is 1.74. The number of hydrogen-bond acceptors (Lipinski definition) is 9. The molecular formula is C51H64N4O5. The van der Waals surface area contributed by atoms with Gasteiger partial charge in [0, 0.05) is 25.2 Å². The first-order valence-corrected chi connectivity index (χ1v) is 22.3. The molecule has 0 saturated carbocycles. The molecule has 3 heterocycles. The van der Waals surface area contributed by atoms with Crippen molar-refractivity contribution in [2.45, 2.75) is 102 Å². The molecule has 7 N–H and O–H groups in total. The van der Waals surface area contributed by atoms with Crippen molar-refractivity contribution >= 4 is 17.6 Å².